The Labute approximate surface area is 94.8 Å². The molecule has 0 radical (unpaired) electrons. The number of nitrogens with zero attached hydrogens (tertiary/aromatic N) is 1. The smallest absolute Gasteiger partial charge is 0.224 e. The van der Waals surface area contributed by atoms with E-state index in [1.54, 1.807) is 6.20 Å². The number of hydrogen-bond donors (Lipinski definition) is 1. The first-order valence-corrected chi connectivity index (χ1v) is 5.15. The Hall–Kier alpha value is -1.36. The third-order valence-corrected chi connectivity index (χ3v) is 2.58. The van der Waals surface area contributed by atoms with Gasteiger partial charge >= 0.3 is 0 Å². The van der Waals surface area contributed by atoms with Crippen LogP contribution in [0.25, 0.3) is 10.9 Å². The monoisotopic (exact) mass is 268 g/mol. The van der Waals surface area contributed by atoms with Crippen molar-refractivity contribution in [1.29, 1.82) is 0 Å². The average Bonchev–Trinajstić information content (AvgIpc) is 2.59. The van der Waals surface area contributed by atoms with Crippen molar-refractivity contribution >= 4 is 32.6 Å². The zero-order valence-electron chi connectivity index (χ0n) is 8.30. The lowest BCUT2D eigenvalue weighted by Crippen LogP contribution is -1.94. The van der Waals surface area contributed by atoms with Crippen molar-refractivity contribution in [2.45, 2.75) is 6.92 Å². The molecule has 0 fully saturated rings. The molecule has 0 unspecified atom stereocenters. The molecule has 0 saturated heterocycles. The molecular formula is C10H9BrN2O2. The van der Waals surface area contributed by atoms with Crippen LogP contribution in [0.15, 0.2) is 16.9 Å². The lowest BCUT2D eigenvalue weighted by Gasteiger charge is -2.02. The standard InChI is InChI=1S/C10H9BrN2O2/c1-5(14)6-4-12-7-3-8(11)13-10(15-2)9(6)7/h3-4,12H,1-2H3. The molecule has 0 bridgehead atoms. The zero-order valence-corrected chi connectivity index (χ0v) is 9.88. The number of ketones is 1. The lowest BCUT2D eigenvalue weighted by atomic mass is 10.1. The summed E-state index contributed by atoms with van der Waals surface area (Å²) in [4.78, 5) is 18.5. The number of ether oxygens (including phenoxy) is 1. The molecule has 0 atom stereocenters. The van der Waals surface area contributed by atoms with E-state index in [0.717, 1.165) is 10.9 Å². The number of pyridine rings is 1. The predicted molar refractivity (Wildman–Crippen MR) is 60.4 cm³/mol. The van der Waals surface area contributed by atoms with Gasteiger partial charge in [-0.15, -0.1) is 0 Å². The predicted octanol–water partition coefficient (Wildman–Crippen LogP) is 2.54. The molecule has 5 heteroatoms. The van der Waals surface area contributed by atoms with Crippen LogP contribution in [-0.2, 0) is 0 Å². The second-order valence-electron chi connectivity index (χ2n) is 3.14. The van der Waals surface area contributed by atoms with Crippen LogP contribution in [0.2, 0.25) is 0 Å². The minimum Gasteiger partial charge on any atom is -0.480 e. The Morgan fingerprint density at radius 2 is 2.33 bits per heavy atom. The molecule has 0 spiro atoms. The molecule has 2 rings (SSSR count). The number of Topliss-reactive ketones (excluding diaryl/α,β-unsaturated/α-hetero) is 1. The van der Waals surface area contributed by atoms with E-state index in [1.165, 1.54) is 14.0 Å². The molecule has 0 saturated carbocycles. The number of nitrogens with one attached hydrogen (secondary N) is 1. The Kier molecular flexibility index (Phi) is 2.48. The highest BCUT2D eigenvalue weighted by molar-refractivity contribution is 9.10. The van der Waals surface area contributed by atoms with E-state index >= 15 is 0 Å². The number of rotatable bonds is 2. The van der Waals surface area contributed by atoms with Crippen LogP contribution in [0.4, 0.5) is 0 Å². The number of carbonyl (C=O) groups is 1. The van der Waals surface area contributed by atoms with E-state index in [4.69, 9.17) is 4.74 Å². The molecule has 15 heavy (non-hydrogen) atoms. The minimum atomic E-state index is -0.0105. The number of carbonyl (C=O) groups excluding carboxylic acids is 1. The van der Waals surface area contributed by atoms with Crippen molar-refractivity contribution in [2.24, 2.45) is 0 Å². The van der Waals surface area contributed by atoms with Crippen LogP contribution >= 0.6 is 15.9 Å². The summed E-state index contributed by atoms with van der Waals surface area (Å²) in [6.07, 6.45) is 1.67. The van der Waals surface area contributed by atoms with Gasteiger partial charge in [-0.1, -0.05) is 0 Å². The van der Waals surface area contributed by atoms with Crippen LogP contribution in [0, 0.1) is 0 Å². The lowest BCUT2D eigenvalue weighted by molar-refractivity contribution is 0.101. The maximum absolute atomic E-state index is 11.4. The number of methoxy groups -OCH3 is 1. The summed E-state index contributed by atoms with van der Waals surface area (Å²) < 4.78 is 5.81. The van der Waals surface area contributed by atoms with Gasteiger partial charge in [0.05, 0.1) is 18.0 Å². The van der Waals surface area contributed by atoms with E-state index in [-0.39, 0.29) is 5.78 Å². The fourth-order valence-electron chi connectivity index (χ4n) is 1.51. The van der Waals surface area contributed by atoms with Crippen molar-refractivity contribution < 1.29 is 9.53 Å². The van der Waals surface area contributed by atoms with Gasteiger partial charge in [0.25, 0.3) is 0 Å². The number of aromatic amines is 1. The van der Waals surface area contributed by atoms with Gasteiger partial charge in [0, 0.05) is 11.8 Å². The molecule has 2 aromatic heterocycles. The Bertz CT molecular complexity index is 533. The number of hydrogen-bond acceptors (Lipinski definition) is 3. The Morgan fingerprint density at radius 1 is 1.60 bits per heavy atom. The molecule has 4 nitrogen and oxygen atoms in total. The van der Waals surface area contributed by atoms with Gasteiger partial charge in [0.2, 0.25) is 5.88 Å². The number of fused-ring (bicyclic) bond motifs is 1. The van der Waals surface area contributed by atoms with Crippen LogP contribution in [0.3, 0.4) is 0 Å². The molecule has 0 aliphatic rings. The third kappa shape index (κ3) is 1.63. The number of halogens is 1. The first-order chi connectivity index (χ1) is 7.13. The molecule has 2 aromatic rings. The first-order valence-electron chi connectivity index (χ1n) is 4.36. The van der Waals surface area contributed by atoms with Crippen molar-refractivity contribution in [3.05, 3.63) is 22.4 Å². The van der Waals surface area contributed by atoms with Gasteiger partial charge in [-0.05, 0) is 28.9 Å². The van der Waals surface area contributed by atoms with Crippen LogP contribution in [0.5, 0.6) is 5.88 Å². The minimum absolute atomic E-state index is 0.0105. The Morgan fingerprint density at radius 3 is 2.93 bits per heavy atom. The summed E-state index contributed by atoms with van der Waals surface area (Å²) in [7, 11) is 1.53. The second kappa shape index (κ2) is 3.66. The number of aromatic nitrogens is 2. The van der Waals surface area contributed by atoms with Gasteiger partial charge in [-0.2, -0.15) is 0 Å². The van der Waals surface area contributed by atoms with E-state index in [9.17, 15) is 4.79 Å². The Balaban J connectivity index is 2.83. The van der Waals surface area contributed by atoms with Crippen molar-refractivity contribution in [1.82, 2.24) is 9.97 Å². The van der Waals surface area contributed by atoms with Crippen molar-refractivity contribution in [2.75, 3.05) is 7.11 Å². The summed E-state index contributed by atoms with van der Waals surface area (Å²) in [6, 6.07) is 1.81. The topological polar surface area (TPSA) is 55.0 Å². The van der Waals surface area contributed by atoms with Gasteiger partial charge < -0.3 is 9.72 Å². The summed E-state index contributed by atoms with van der Waals surface area (Å²) in [5.41, 5.74) is 1.43. The summed E-state index contributed by atoms with van der Waals surface area (Å²) in [6.45, 7) is 1.52. The normalized spacial score (nSPS) is 10.6. The van der Waals surface area contributed by atoms with Gasteiger partial charge in [0.1, 0.15) is 4.60 Å². The maximum Gasteiger partial charge on any atom is 0.224 e. The van der Waals surface area contributed by atoms with Crippen LogP contribution in [0.1, 0.15) is 17.3 Å². The highest BCUT2D eigenvalue weighted by Gasteiger charge is 2.14. The van der Waals surface area contributed by atoms with Crippen LogP contribution in [-0.4, -0.2) is 22.9 Å². The van der Waals surface area contributed by atoms with Crippen molar-refractivity contribution in [3.8, 4) is 5.88 Å². The van der Waals surface area contributed by atoms with Gasteiger partial charge in [0.15, 0.2) is 5.78 Å². The molecule has 1 N–H and O–H groups in total. The molecule has 0 aromatic carbocycles. The summed E-state index contributed by atoms with van der Waals surface area (Å²) >= 11 is 3.27. The quantitative estimate of drug-likeness (QED) is 0.673. The van der Waals surface area contributed by atoms with E-state index in [0.29, 0.717) is 16.0 Å². The van der Waals surface area contributed by atoms with E-state index in [2.05, 4.69) is 25.9 Å². The van der Waals surface area contributed by atoms with Gasteiger partial charge in [-0.3, -0.25) is 4.79 Å². The summed E-state index contributed by atoms with van der Waals surface area (Å²) in [5.74, 6) is 0.439. The van der Waals surface area contributed by atoms with E-state index in [1.807, 2.05) is 6.07 Å². The molecule has 78 valence electrons. The highest BCUT2D eigenvalue weighted by Crippen LogP contribution is 2.29. The second-order valence-corrected chi connectivity index (χ2v) is 3.95. The average molecular weight is 269 g/mol. The highest BCUT2D eigenvalue weighted by atomic mass is 79.9. The fourth-order valence-corrected chi connectivity index (χ4v) is 1.90. The molecule has 0 aliphatic carbocycles. The fraction of sp³-hybridized carbons (Fsp3) is 0.200. The zero-order chi connectivity index (χ0) is 11.0. The molecule has 0 amide bonds. The van der Waals surface area contributed by atoms with Gasteiger partial charge in [-0.25, -0.2) is 4.98 Å². The largest absolute Gasteiger partial charge is 0.480 e. The SMILES string of the molecule is COc1nc(Br)cc2[nH]cc(C(C)=O)c12. The maximum atomic E-state index is 11.4. The van der Waals surface area contributed by atoms with Crippen LogP contribution < -0.4 is 4.74 Å². The molecule has 2 heterocycles. The summed E-state index contributed by atoms with van der Waals surface area (Å²) in [5, 5.41) is 0.730. The third-order valence-electron chi connectivity index (χ3n) is 2.17. The first kappa shape index (κ1) is 10.2. The number of H-pyrrole nitrogens is 1. The molecular weight excluding hydrogens is 260 g/mol. The van der Waals surface area contributed by atoms with Crippen molar-refractivity contribution in [3.63, 3.8) is 0 Å². The van der Waals surface area contributed by atoms with E-state index < -0.39 is 0 Å². The molecule has 0 aliphatic heterocycles.